The van der Waals surface area contributed by atoms with Gasteiger partial charge in [0.1, 0.15) is 18.3 Å². The van der Waals surface area contributed by atoms with Gasteiger partial charge < -0.3 is 19.7 Å². The quantitative estimate of drug-likeness (QED) is 0.830. The number of hydrogen-bond donors (Lipinski definition) is 2. The van der Waals surface area contributed by atoms with Gasteiger partial charge >= 0.3 is 12.0 Å². The minimum Gasteiger partial charge on any atom is -0.480 e. The zero-order valence-electron chi connectivity index (χ0n) is 12.2. The average Bonchev–Trinajstić information content (AvgIpc) is 2.73. The van der Waals surface area contributed by atoms with Crippen LogP contribution in [0.3, 0.4) is 0 Å². The summed E-state index contributed by atoms with van der Waals surface area (Å²) in [5, 5.41) is 11.5. The SMILES string of the molecule is Cc1cnc(C(C)NC(=O)N(CC(=O)O)CC(C)C)o1. The molecule has 0 bridgehead atoms. The fourth-order valence-corrected chi connectivity index (χ4v) is 1.73. The van der Waals surface area contributed by atoms with E-state index in [0.29, 0.717) is 18.2 Å². The summed E-state index contributed by atoms with van der Waals surface area (Å²) in [6, 6.07) is -0.857. The van der Waals surface area contributed by atoms with Gasteiger partial charge in [0.15, 0.2) is 0 Å². The minimum absolute atomic E-state index is 0.180. The topological polar surface area (TPSA) is 95.7 Å². The molecule has 0 saturated heterocycles. The molecule has 0 aliphatic carbocycles. The molecule has 0 spiro atoms. The molecule has 2 N–H and O–H groups in total. The first-order valence-corrected chi connectivity index (χ1v) is 6.49. The van der Waals surface area contributed by atoms with Crippen LogP contribution < -0.4 is 5.32 Å². The molecule has 1 unspecified atom stereocenters. The summed E-state index contributed by atoms with van der Waals surface area (Å²) >= 11 is 0. The normalized spacial score (nSPS) is 12.2. The van der Waals surface area contributed by atoms with Gasteiger partial charge in [-0.1, -0.05) is 13.8 Å². The third-order valence-electron chi connectivity index (χ3n) is 2.55. The number of carbonyl (C=O) groups is 2. The van der Waals surface area contributed by atoms with Gasteiger partial charge in [0, 0.05) is 6.54 Å². The zero-order valence-corrected chi connectivity index (χ0v) is 12.2. The zero-order chi connectivity index (χ0) is 15.3. The second-order valence-corrected chi connectivity index (χ2v) is 5.15. The Morgan fingerprint density at radius 1 is 1.45 bits per heavy atom. The van der Waals surface area contributed by atoms with Crippen LogP contribution in [0.25, 0.3) is 0 Å². The van der Waals surface area contributed by atoms with E-state index >= 15 is 0 Å². The van der Waals surface area contributed by atoms with Gasteiger partial charge in [-0.25, -0.2) is 9.78 Å². The molecule has 2 amide bonds. The van der Waals surface area contributed by atoms with Gasteiger partial charge in [-0.15, -0.1) is 0 Å². The Hall–Kier alpha value is -2.05. The summed E-state index contributed by atoms with van der Waals surface area (Å²) in [5.41, 5.74) is 0. The summed E-state index contributed by atoms with van der Waals surface area (Å²) in [5.74, 6) is 0.196. The first-order valence-electron chi connectivity index (χ1n) is 6.49. The molecule has 1 aromatic rings. The molecule has 0 fully saturated rings. The molecule has 1 heterocycles. The predicted molar refractivity (Wildman–Crippen MR) is 72.2 cm³/mol. The maximum absolute atomic E-state index is 12.1. The number of nitrogens with zero attached hydrogens (tertiary/aromatic N) is 2. The fraction of sp³-hybridized carbons (Fsp3) is 0.615. The molecule has 0 saturated carbocycles. The molecule has 1 rings (SSSR count). The lowest BCUT2D eigenvalue weighted by molar-refractivity contribution is -0.137. The van der Waals surface area contributed by atoms with Gasteiger partial charge in [0.05, 0.1) is 6.20 Å². The Morgan fingerprint density at radius 2 is 2.10 bits per heavy atom. The van der Waals surface area contributed by atoms with E-state index < -0.39 is 18.0 Å². The minimum atomic E-state index is -1.04. The number of carboxylic acid groups (broad SMARTS) is 1. The van der Waals surface area contributed by atoms with Crippen LogP contribution in [0.2, 0.25) is 0 Å². The highest BCUT2D eigenvalue weighted by molar-refractivity contribution is 5.80. The van der Waals surface area contributed by atoms with Crippen molar-refractivity contribution in [3.63, 3.8) is 0 Å². The monoisotopic (exact) mass is 283 g/mol. The second-order valence-electron chi connectivity index (χ2n) is 5.15. The molecule has 0 radical (unpaired) electrons. The highest BCUT2D eigenvalue weighted by atomic mass is 16.4. The standard InChI is InChI=1S/C13H21N3O4/c1-8(2)6-16(7-11(17)18)13(19)15-10(4)12-14-5-9(3)20-12/h5,8,10H,6-7H2,1-4H3,(H,15,19)(H,17,18). The first kappa shape index (κ1) is 16.0. The van der Waals surface area contributed by atoms with Gasteiger partial charge in [-0.05, 0) is 19.8 Å². The van der Waals surface area contributed by atoms with Gasteiger partial charge in [0.2, 0.25) is 5.89 Å². The second kappa shape index (κ2) is 6.93. The Bertz CT molecular complexity index is 470. The van der Waals surface area contributed by atoms with Crippen molar-refractivity contribution in [2.24, 2.45) is 5.92 Å². The van der Waals surface area contributed by atoms with Gasteiger partial charge in [-0.3, -0.25) is 4.79 Å². The van der Waals surface area contributed by atoms with Crippen LogP contribution >= 0.6 is 0 Å². The predicted octanol–water partition coefficient (Wildman–Crippen LogP) is 1.80. The van der Waals surface area contributed by atoms with Crippen molar-refractivity contribution in [2.75, 3.05) is 13.1 Å². The molecule has 0 aliphatic heterocycles. The Morgan fingerprint density at radius 3 is 2.55 bits per heavy atom. The smallest absolute Gasteiger partial charge is 0.323 e. The van der Waals surface area contributed by atoms with Crippen molar-refractivity contribution in [3.8, 4) is 0 Å². The van der Waals surface area contributed by atoms with E-state index in [0.717, 1.165) is 0 Å². The summed E-state index contributed by atoms with van der Waals surface area (Å²) in [7, 11) is 0. The van der Waals surface area contributed by atoms with E-state index in [9.17, 15) is 9.59 Å². The molecule has 7 nitrogen and oxygen atoms in total. The van der Waals surface area contributed by atoms with Crippen LogP contribution in [-0.2, 0) is 4.79 Å². The van der Waals surface area contributed by atoms with Crippen LogP contribution in [0.5, 0.6) is 0 Å². The highest BCUT2D eigenvalue weighted by Gasteiger charge is 2.21. The number of nitrogens with one attached hydrogen (secondary N) is 1. The maximum atomic E-state index is 12.1. The molecule has 112 valence electrons. The summed E-state index contributed by atoms with van der Waals surface area (Å²) in [6.07, 6.45) is 1.57. The number of carbonyl (C=O) groups excluding carboxylic acids is 1. The number of urea groups is 1. The van der Waals surface area contributed by atoms with E-state index in [-0.39, 0.29) is 12.5 Å². The van der Waals surface area contributed by atoms with Crippen molar-refractivity contribution in [3.05, 3.63) is 17.8 Å². The fourth-order valence-electron chi connectivity index (χ4n) is 1.73. The Labute approximate surface area is 118 Å². The van der Waals surface area contributed by atoms with E-state index in [2.05, 4.69) is 10.3 Å². The number of aryl methyl sites for hydroxylation is 1. The number of aromatic nitrogens is 1. The molecule has 20 heavy (non-hydrogen) atoms. The molecular formula is C13H21N3O4. The van der Waals surface area contributed by atoms with Crippen LogP contribution in [0.15, 0.2) is 10.6 Å². The third-order valence-corrected chi connectivity index (χ3v) is 2.55. The van der Waals surface area contributed by atoms with E-state index in [1.54, 1.807) is 20.0 Å². The summed E-state index contributed by atoms with van der Waals surface area (Å²) in [6.45, 7) is 7.38. The van der Waals surface area contributed by atoms with E-state index in [1.807, 2.05) is 13.8 Å². The number of amides is 2. The van der Waals surface area contributed by atoms with Crippen LogP contribution in [0, 0.1) is 12.8 Å². The number of oxazole rings is 1. The van der Waals surface area contributed by atoms with Crippen LogP contribution in [0.4, 0.5) is 4.79 Å². The molecule has 0 aromatic carbocycles. The largest absolute Gasteiger partial charge is 0.480 e. The van der Waals surface area contributed by atoms with Crippen LogP contribution in [-0.4, -0.2) is 40.1 Å². The summed E-state index contributed by atoms with van der Waals surface area (Å²) < 4.78 is 5.33. The van der Waals surface area contributed by atoms with Crippen molar-refractivity contribution in [1.82, 2.24) is 15.2 Å². The first-order chi connectivity index (χ1) is 9.29. The van der Waals surface area contributed by atoms with Crippen molar-refractivity contribution in [2.45, 2.75) is 33.7 Å². The van der Waals surface area contributed by atoms with Crippen molar-refractivity contribution in [1.29, 1.82) is 0 Å². The molecular weight excluding hydrogens is 262 g/mol. The summed E-state index contributed by atoms with van der Waals surface area (Å²) in [4.78, 5) is 28.2. The third kappa shape index (κ3) is 4.91. The number of hydrogen-bond acceptors (Lipinski definition) is 4. The highest BCUT2D eigenvalue weighted by Crippen LogP contribution is 2.12. The molecule has 7 heteroatoms. The molecule has 0 aliphatic rings. The maximum Gasteiger partial charge on any atom is 0.323 e. The molecule has 1 aromatic heterocycles. The number of carboxylic acids is 1. The van der Waals surface area contributed by atoms with Gasteiger partial charge in [0.25, 0.3) is 0 Å². The Balaban J connectivity index is 2.67. The number of aliphatic carboxylic acids is 1. The molecule has 1 atom stereocenters. The number of rotatable bonds is 6. The Kier molecular flexibility index (Phi) is 5.54. The van der Waals surface area contributed by atoms with Gasteiger partial charge in [-0.2, -0.15) is 0 Å². The van der Waals surface area contributed by atoms with Crippen molar-refractivity contribution < 1.29 is 19.1 Å². The van der Waals surface area contributed by atoms with Crippen LogP contribution in [0.1, 0.15) is 38.5 Å². The lowest BCUT2D eigenvalue weighted by Gasteiger charge is -2.24. The lowest BCUT2D eigenvalue weighted by atomic mass is 10.2. The van der Waals surface area contributed by atoms with E-state index in [4.69, 9.17) is 9.52 Å². The average molecular weight is 283 g/mol. The van der Waals surface area contributed by atoms with E-state index in [1.165, 1.54) is 4.90 Å². The van der Waals surface area contributed by atoms with Crippen molar-refractivity contribution >= 4 is 12.0 Å². The lowest BCUT2D eigenvalue weighted by Crippen LogP contribution is -2.45.